The minimum Gasteiger partial charge on any atom is -0.462 e. The van der Waals surface area contributed by atoms with Gasteiger partial charge in [-0.05, 0) is 31.6 Å². The van der Waals surface area contributed by atoms with Crippen LogP contribution in [0.4, 0.5) is 0 Å². The normalized spacial score (nSPS) is 14.3. The molecular formula is C62H120O17P2. The Hall–Kier alpha value is -1.94. The Labute approximate surface area is 492 Å². The van der Waals surface area contributed by atoms with E-state index in [4.69, 9.17) is 37.0 Å². The average molecular weight is 1200 g/mol. The summed E-state index contributed by atoms with van der Waals surface area (Å²) in [4.78, 5) is 71.9. The molecule has 0 radical (unpaired) electrons. The summed E-state index contributed by atoms with van der Waals surface area (Å²) in [6, 6.07) is 0. The third-order valence-corrected chi connectivity index (χ3v) is 16.2. The maximum Gasteiger partial charge on any atom is 0.472 e. The molecular weight excluding hydrogens is 1080 g/mol. The fourth-order valence-corrected chi connectivity index (χ4v) is 10.8. The number of rotatable bonds is 62. The SMILES string of the molecule is CCCCCCCCCCCCCCC(=O)OC[C@H](COP(=O)(O)OC[C@@H](O)COP(=O)(O)OC[C@@H](COC(=O)CCCCCCC)OC(=O)CCCCCCCCCCCCC)OC(=O)CCCCCCCCCCCCC(C)C. The minimum absolute atomic E-state index is 0.106. The number of phosphoric ester groups is 2. The van der Waals surface area contributed by atoms with Gasteiger partial charge in [-0.15, -0.1) is 0 Å². The van der Waals surface area contributed by atoms with Crippen molar-refractivity contribution in [2.24, 2.45) is 5.92 Å². The van der Waals surface area contributed by atoms with Crippen molar-refractivity contribution < 1.29 is 80.2 Å². The second-order valence-electron chi connectivity index (χ2n) is 22.9. The lowest BCUT2D eigenvalue weighted by Gasteiger charge is -2.21. The third-order valence-electron chi connectivity index (χ3n) is 14.3. The standard InChI is InChI=1S/C62H120O17P2/c1-6-9-12-15-17-19-21-23-27-31-36-41-46-60(65)73-52-58(79-62(67)48-43-38-33-29-25-24-26-30-35-39-44-55(4)5)54-77-81(70,71)75-50-56(63)49-74-80(68,69)76-53-57(51-72-59(64)45-40-34-14-11-8-3)78-61(66)47-42-37-32-28-22-20-18-16-13-10-7-2/h55-58,63H,6-54H2,1-5H3,(H,68,69)(H,70,71)/t56-,57+,58+/m0/s1. The Morgan fingerprint density at radius 1 is 0.333 bits per heavy atom. The zero-order valence-electron chi connectivity index (χ0n) is 51.9. The molecule has 0 aromatic heterocycles. The van der Waals surface area contributed by atoms with Crippen LogP contribution >= 0.6 is 15.6 Å². The molecule has 0 aliphatic carbocycles. The molecule has 0 aromatic rings. The highest BCUT2D eigenvalue weighted by atomic mass is 31.2. The largest absolute Gasteiger partial charge is 0.472 e. The monoisotopic (exact) mass is 1200 g/mol. The molecule has 0 amide bonds. The molecule has 0 rings (SSSR count). The van der Waals surface area contributed by atoms with Crippen LogP contribution in [0.2, 0.25) is 0 Å². The van der Waals surface area contributed by atoms with Crippen LogP contribution in [0.5, 0.6) is 0 Å². The lowest BCUT2D eigenvalue weighted by molar-refractivity contribution is -0.161. The fraction of sp³-hybridized carbons (Fsp3) is 0.935. The topological polar surface area (TPSA) is 237 Å². The van der Waals surface area contributed by atoms with Gasteiger partial charge in [0, 0.05) is 25.7 Å². The number of aliphatic hydroxyl groups is 1. The molecule has 0 spiro atoms. The van der Waals surface area contributed by atoms with E-state index in [2.05, 4.69) is 34.6 Å². The summed E-state index contributed by atoms with van der Waals surface area (Å²) < 4.78 is 67.7. The molecule has 81 heavy (non-hydrogen) atoms. The molecule has 2 unspecified atom stereocenters. The van der Waals surface area contributed by atoms with Crippen molar-refractivity contribution in [2.75, 3.05) is 39.6 Å². The number of hydrogen-bond donors (Lipinski definition) is 3. The van der Waals surface area contributed by atoms with Crippen LogP contribution < -0.4 is 0 Å². The molecule has 0 saturated heterocycles. The van der Waals surface area contributed by atoms with Crippen LogP contribution in [-0.4, -0.2) is 96.7 Å². The van der Waals surface area contributed by atoms with E-state index in [0.29, 0.717) is 25.7 Å². The maximum atomic E-state index is 12.9. The number of esters is 4. The van der Waals surface area contributed by atoms with Crippen molar-refractivity contribution in [3.05, 3.63) is 0 Å². The molecule has 0 saturated carbocycles. The molecule has 3 N–H and O–H groups in total. The number of carbonyl (C=O) groups excluding carboxylic acids is 4. The quantitative estimate of drug-likeness (QED) is 0.0222. The van der Waals surface area contributed by atoms with Gasteiger partial charge in [0.1, 0.15) is 19.3 Å². The first-order valence-corrected chi connectivity index (χ1v) is 35.6. The van der Waals surface area contributed by atoms with Crippen molar-refractivity contribution >= 4 is 39.5 Å². The second-order valence-corrected chi connectivity index (χ2v) is 25.8. The van der Waals surface area contributed by atoms with Crippen molar-refractivity contribution in [3.63, 3.8) is 0 Å². The molecule has 480 valence electrons. The maximum absolute atomic E-state index is 12.9. The van der Waals surface area contributed by atoms with Gasteiger partial charge in [0.25, 0.3) is 0 Å². The predicted octanol–water partition coefficient (Wildman–Crippen LogP) is 17.0. The summed E-state index contributed by atoms with van der Waals surface area (Å²) >= 11 is 0. The molecule has 0 aliphatic rings. The van der Waals surface area contributed by atoms with Gasteiger partial charge in [0.2, 0.25) is 0 Å². The molecule has 17 nitrogen and oxygen atoms in total. The van der Waals surface area contributed by atoms with E-state index in [1.165, 1.54) is 128 Å². The molecule has 0 heterocycles. The van der Waals surface area contributed by atoms with E-state index in [1.54, 1.807) is 0 Å². The molecule has 0 fully saturated rings. The van der Waals surface area contributed by atoms with Gasteiger partial charge in [0.15, 0.2) is 12.2 Å². The predicted molar refractivity (Wildman–Crippen MR) is 322 cm³/mol. The lowest BCUT2D eigenvalue weighted by atomic mass is 10.0. The van der Waals surface area contributed by atoms with Crippen molar-refractivity contribution in [1.82, 2.24) is 0 Å². The Balaban J connectivity index is 5.18. The number of carbonyl (C=O) groups is 4. The number of hydrogen-bond acceptors (Lipinski definition) is 15. The van der Waals surface area contributed by atoms with Crippen LogP contribution in [0.3, 0.4) is 0 Å². The third kappa shape index (κ3) is 56.9. The number of phosphoric acid groups is 2. The van der Waals surface area contributed by atoms with Crippen LogP contribution in [0, 0.1) is 5.92 Å². The highest BCUT2D eigenvalue weighted by Gasteiger charge is 2.30. The molecule has 5 atom stereocenters. The van der Waals surface area contributed by atoms with Gasteiger partial charge in [-0.2, -0.15) is 0 Å². The van der Waals surface area contributed by atoms with E-state index in [-0.39, 0.29) is 25.7 Å². The van der Waals surface area contributed by atoms with Gasteiger partial charge in [-0.25, -0.2) is 9.13 Å². The van der Waals surface area contributed by atoms with Crippen LogP contribution in [-0.2, 0) is 65.4 Å². The Kier molecular flexibility index (Phi) is 54.6. The molecule has 0 bridgehead atoms. The average Bonchev–Trinajstić information content (AvgIpc) is 3.43. The van der Waals surface area contributed by atoms with Crippen molar-refractivity contribution in [1.29, 1.82) is 0 Å². The minimum atomic E-state index is -4.94. The number of aliphatic hydroxyl groups excluding tert-OH is 1. The van der Waals surface area contributed by atoms with Crippen molar-refractivity contribution in [3.8, 4) is 0 Å². The first kappa shape index (κ1) is 79.1. The van der Waals surface area contributed by atoms with E-state index in [9.17, 15) is 43.2 Å². The molecule has 0 aliphatic heterocycles. The molecule has 0 aromatic carbocycles. The van der Waals surface area contributed by atoms with Gasteiger partial charge in [0.05, 0.1) is 26.4 Å². The number of ether oxygens (including phenoxy) is 4. The zero-order valence-corrected chi connectivity index (χ0v) is 53.7. The van der Waals surface area contributed by atoms with Gasteiger partial charge in [-0.1, -0.05) is 259 Å². The highest BCUT2D eigenvalue weighted by molar-refractivity contribution is 7.47. The first-order chi connectivity index (χ1) is 39.0. The Bertz CT molecular complexity index is 1580. The zero-order chi connectivity index (χ0) is 59.9. The summed E-state index contributed by atoms with van der Waals surface area (Å²) in [5.74, 6) is -1.39. The van der Waals surface area contributed by atoms with E-state index < -0.39 is 97.5 Å². The van der Waals surface area contributed by atoms with E-state index in [1.807, 2.05) is 0 Å². The summed E-state index contributed by atoms with van der Waals surface area (Å²) in [5.41, 5.74) is 0. The summed E-state index contributed by atoms with van der Waals surface area (Å²) in [6.45, 7) is 7.08. The van der Waals surface area contributed by atoms with Gasteiger partial charge >= 0.3 is 39.5 Å². The Morgan fingerprint density at radius 2 is 0.568 bits per heavy atom. The number of unbranched alkanes of at least 4 members (excludes halogenated alkanes) is 34. The van der Waals surface area contributed by atoms with E-state index >= 15 is 0 Å². The first-order valence-electron chi connectivity index (χ1n) is 32.6. The Morgan fingerprint density at radius 3 is 0.840 bits per heavy atom. The summed E-state index contributed by atoms with van der Waals surface area (Å²) in [6.07, 6.45) is 39.2. The van der Waals surface area contributed by atoms with Crippen LogP contribution in [0.15, 0.2) is 0 Å². The fourth-order valence-electron chi connectivity index (χ4n) is 9.23. The smallest absolute Gasteiger partial charge is 0.462 e. The highest BCUT2D eigenvalue weighted by Crippen LogP contribution is 2.45. The van der Waals surface area contributed by atoms with Crippen LogP contribution in [0.25, 0.3) is 0 Å². The van der Waals surface area contributed by atoms with E-state index in [0.717, 1.165) is 102 Å². The van der Waals surface area contributed by atoms with Crippen LogP contribution in [0.1, 0.15) is 311 Å². The second kappa shape index (κ2) is 55.9. The lowest BCUT2D eigenvalue weighted by Crippen LogP contribution is -2.30. The summed E-state index contributed by atoms with van der Waals surface area (Å²) in [5, 5.41) is 10.5. The van der Waals surface area contributed by atoms with Gasteiger partial charge < -0.3 is 33.8 Å². The molecule has 19 heteroatoms. The van der Waals surface area contributed by atoms with Crippen molar-refractivity contribution in [2.45, 2.75) is 329 Å². The van der Waals surface area contributed by atoms with Gasteiger partial charge in [-0.3, -0.25) is 37.3 Å². The summed E-state index contributed by atoms with van der Waals surface area (Å²) in [7, 11) is -9.87.